The number of hydrogen-bond donors (Lipinski definition) is 3. The Bertz CT molecular complexity index is 413. The van der Waals surface area contributed by atoms with Gasteiger partial charge in [0.2, 0.25) is 11.7 Å². The highest BCUT2D eigenvalue weighted by Gasteiger charge is 2.24. The van der Waals surface area contributed by atoms with E-state index in [1.807, 2.05) is 0 Å². The van der Waals surface area contributed by atoms with E-state index in [1.165, 1.54) is 19.2 Å². The molecule has 0 spiro atoms. The van der Waals surface area contributed by atoms with Gasteiger partial charge in [0.25, 0.3) is 0 Å². The second-order valence-corrected chi connectivity index (χ2v) is 3.38. The Morgan fingerprint density at radius 2 is 2.12 bits per heavy atom. The number of nitrogens with two attached hydrogens (primary N) is 1. The van der Waals surface area contributed by atoms with E-state index < -0.39 is 30.5 Å². The molecule has 94 valence electrons. The summed E-state index contributed by atoms with van der Waals surface area (Å²) in [4.78, 5) is 21.6. The summed E-state index contributed by atoms with van der Waals surface area (Å²) in [7, 11) is 1.18. The van der Waals surface area contributed by atoms with Crippen LogP contribution in [-0.4, -0.2) is 35.3 Å². The van der Waals surface area contributed by atoms with Crippen LogP contribution in [0.15, 0.2) is 16.5 Å². The first kappa shape index (κ1) is 13.2. The zero-order valence-electron chi connectivity index (χ0n) is 9.12. The van der Waals surface area contributed by atoms with Gasteiger partial charge in [0, 0.05) is 0 Å². The van der Waals surface area contributed by atoms with E-state index in [1.54, 1.807) is 0 Å². The number of ether oxygens (including phenoxy) is 1. The summed E-state index contributed by atoms with van der Waals surface area (Å²) in [6.07, 6.45) is -3.22. The maximum atomic E-state index is 11.1. The lowest BCUT2D eigenvalue weighted by atomic mass is 10.1. The highest BCUT2D eigenvalue weighted by molar-refractivity contribution is 5.86. The molecule has 17 heavy (non-hydrogen) atoms. The number of methoxy groups -OCH3 is 1. The summed E-state index contributed by atoms with van der Waals surface area (Å²) in [5, 5.41) is 19.0. The van der Waals surface area contributed by atoms with Crippen molar-refractivity contribution >= 4 is 11.9 Å². The molecule has 1 rings (SSSR count). The summed E-state index contributed by atoms with van der Waals surface area (Å²) in [6.45, 7) is 0. The van der Waals surface area contributed by atoms with Gasteiger partial charge in [-0.05, 0) is 12.1 Å². The Kier molecular flexibility index (Phi) is 4.24. The van der Waals surface area contributed by atoms with Gasteiger partial charge in [-0.15, -0.1) is 0 Å². The number of esters is 1. The fourth-order valence-electron chi connectivity index (χ4n) is 1.23. The van der Waals surface area contributed by atoms with Gasteiger partial charge < -0.3 is 25.1 Å². The third-order valence-electron chi connectivity index (χ3n) is 2.08. The Balaban J connectivity index is 2.75. The molecular formula is C10H13NO6. The van der Waals surface area contributed by atoms with Gasteiger partial charge in [0.15, 0.2) is 0 Å². The molecule has 0 aromatic carbocycles. The zero-order chi connectivity index (χ0) is 13.0. The second kappa shape index (κ2) is 5.46. The van der Waals surface area contributed by atoms with Crippen LogP contribution in [0.25, 0.3) is 0 Å². The van der Waals surface area contributed by atoms with E-state index in [2.05, 4.69) is 4.74 Å². The number of furan rings is 1. The molecule has 4 N–H and O–H groups in total. The predicted molar refractivity (Wildman–Crippen MR) is 54.8 cm³/mol. The van der Waals surface area contributed by atoms with Crippen molar-refractivity contribution in [1.29, 1.82) is 0 Å². The average Bonchev–Trinajstić information content (AvgIpc) is 2.75. The van der Waals surface area contributed by atoms with Crippen LogP contribution in [-0.2, 0) is 9.53 Å². The molecule has 0 aliphatic rings. The van der Waals surface area contributed by atoms with E-state index in [9.17, 15) is 19.8 Å². The van der Waals surface area contributed by atoms with E-state index in [4.69, 9.17) is 10.2 Å². The van der Waals surface area contributed by atoms with Crippen molar-refractivity contribution in [2.75, 3.05) is 7.11 Å². The van der Waals surface area contributed by atoms with E-state index in [-0.39, 0.29) is 11.5 Å². The van der Waals surface area contributed by atoms with Crippen LogP contribution in [0.3, 0.4) is 0 Å². The molecule has 7 heteroatoms. The number of carbonyl (C=O) groups excluding carboxylic acids is 2. The molecule has 2 unspecified atom stereocenters. The number of aliphatic hydroxyl groups is 2. The van der Waals surface area contributed by atoms with Crippen molar-refractivity contribution in [1.82, 2.24) is 0 Å². The van der Waals surface area contributed by atoms with Crippen LogP contribution >= 0.6 is 0 Å². The zero-order valence-corrected chi connectivity index (χ0v) is 9.12. The predicted octanol–water partition coefficient (Wildman–Crippen LogP) is -0.664. The largest absolute Gasteiger partial charge is 0.463 e. The van der Waals surface area contributed by atoms with Crippen LogP contribution in [0, 0.1) is 0 Å². The first-order valence-electron chi connectivity index (χ1n) is 4.78. The van der Waals surface area contributed by atoms with Gasteiger partial charge in [0.1, 0.15) is 11.9 Å². The Morgan fingerprint density at radius 1 is 1.47 bits per heavy atom. The highest BCUT2D eigenvalue weighted by Crippen LogP contribution is 2.21. The third kappa shape index (κ3) is 3.30. The molecule has 2 atom stereocenters. The van der Waals surface area contributed by atoms with Gasteiger partial charge in [-0.2, -0.15) is 0 Å². The summed E-state index contributed by atoms with van der Waals surface area (Å²) in [5.74, 6) is -1.60. The molecule has 0 bridgehead atoms. The standard InChI is InChI=1S/C10H13NO6/c1-16-10(15)7-3-2-6(17-7)9(14)5(12)4-8(11)13/h2-3,5,9,12,14H,4H2,1H3,(H2,11,13). The van der Waals surface area contributed by atoms with Crippen LogP contribution < -0.4 is 5.73 Å². The summed E-state index contributed by atoms with van der Waals surface area (Å²) in [6, 6.07) is 2.60. The van der Waals surface area contributed by atoms with E-state index in [0.717, 1.165) is 0 Å². The average molecular weight is 243 g/mol. The van der Waals surface area contributed by atoms with Crippen molar-refractivity contribution in [3.05, 3.63) is 23.7 Å². The molecule has 1 aromatic heterocycles. The molecule has 0 aliphatic heterocycles. The number of carbonyl (C=O) groups is 2. The lowest BCUT2D eigenvalue weighted by Gasteiger charge is -2.13. The molecule has 0 fully saturated rings. The van der Waals surface area contributed by atoms with Gasteiger partial charge >= 0.3 is 5.97 Å². The molecule has 1 heterocycles. The molecule has 1 amide bonds. The smallest absolute Gasteiger partial charge is 0.373 e. The monoisotopic (exact) mass is 243 g/mol. The Hall–Kier alpha value is -1.86. The number of aliphatic hydroxyl groups excluding tert-OH is 2. The minimum absolute atomic E-state index is 0.0425. The van der Waals surface area contributed by atoms with Crippen LogP contribution in [0.1, 0.15) is 28.8 Å². The maximum Gasteiger partial charge on any atom is 0.373 e. The number of primary amides is 1. The topological polar surface area (TPSA) is 123 Å². The van der Waals surface area contributed by atoms with Crippen molar-refractivity contribution in [2.24, 2.45) is 5.73 Å². The minimum atomic E-state index is -1.43. The SMILES string of the molecule is COC(=O)c1ccc(C(O)C(O)CC(N)=O)o1. The first-order valence-corrected chi connectivity index (χ1v) is 4.78. The van der Waals surface area contributed by atoms with Crippen molar-refractivity contribution in [2.45, 2.75) is 18.6 Å². The quantitative estimate of drug-likeness (QED) is 0.589. The lowest BCUT2D eigenvalue weighted by Crippen LogP contribution is -2.25. The van der Waals surface area contributed by atoms with Gasteiger partial charge in [-0.1, -0.05) is 0 Å². The summed E-state index contributed by atoms with van der Waals surface area (Å²) in [5.41, 5.74) is 4.87. The van der Waals surface area contributed by atoms with Crippen LogP contribution in [0.4, 0.5) is 0 Å². The first-order chi connectivity index (χ1) is 7.95. The molecule has 1 aromatic rings. The molecular weight excluding hydrogens is 230 g/mol. The lowest BCUT2D eigenvalue weighted by molar-refractivity contribution is -0.122. The summed E-state index contributed by atoms with van der Waals surface area (Å²) >= 11 is 0. The molecule has 0 saturated heterocycles. The molecule has 0 radical (unpaired) electrons. The fourth-order valence-corrected chi connectivity index (χ4v) is 1.23. The highest BCUT2D eigenvalue weighted by atomic mass is 16.5. The van der Waals surface area contributed by atoms with Gasteiger partial charge in [-0.25, -0.2) is 4.79 Å². The Morgan fingerprint density at radius 3 is 2.65 bits per heavy atom. The minimum Gasteiger partial charge on any atom is -0.463 e. The van der Waals surface area contributed by atoms with Gasteiger partial charge in [-0.3, -0.25) is 4.79 Å². The Labute approximate surface area is 96.8 Å². The fraction of sp³-hybridized carbons (Fsp3) is 0.400. The number of hydrogen-bond acceptors (Lipinski definition) is 6. The molecule has 0 aliphatic carbocycles. The normalized spacial score (nSPS) is 14.1. The molecule has 7 nitrogen and oxygen atoms in total. The number of amides is 1. The number of rotatable bonds is 5. The summed E-state index contributed by atoms with van der Waals surface area (Å²) < 4.78 is 9.37. The second-order valence-electron chi connectivity index (χ2n) is 3.38. The van der Waals surface area contributed by atoms with Crippen LogP contribution in [0.5, 0.6) is 0 Å². The molecule has 0 saturated carbocycles. The van der Waals surface area contributed by atoms with E-state index in [0.29, 0.717) is 0 Å². The van der Waals surface area contributed by atoms with Crippen molar-refractivity contribution in [3.8, 4) is 0 Å². The third-order valence-corrected chi connectivity index (χ3v) is 2.08. The van der Waals surface area contributed by atoms with Gasteiger partial charge in [0.05, 0.1) is 19.6 Å². The maximum absolute atomic E-state index is 11.1. The van der Waals surface area contributed by atoms with Crippen molar-refractivity contribution in [3.63, 3.8) is 0 Å². The van der Waals surface area contributed by atoms with Crippen LogP contribution in [0.2, 0.25) is 0 Å². The van der Waals surface area contributed by atoms with Crippen molar-refractivity contribution < 1.29 is 29.0 Å². The van der Waals surface area contributed by atoms with E-state index >= 15 is 0 Å².